The summed E-state index contributed by atoms with van der Waals surface area (Å²) in [5.41, 5.74) is 0. The van der Waals surface area contributed by atoms with E-state index in [1.165, 1.54) is 32.1 Å². The third-order valence-corrected chi connectivity index (χ3v) is 2.94. The minimum Gasteiger partial charge on any atom is -0.299 e. The van der Waals surface area contributed by atoms with Gasteiger partial charge in [-0.1, -0.05) is 19.8 Å². The first-order valence-corrected chi connectivity index (χ1v) is 5.38. The van der Waals surface area contributed by atoms with Gasteiger partial charge in [-0.2, -0.15) is 5.26 Å². The molecule has 1 aliphatic rings. The SMILES string of the molecule is CC1CCCC(NC(C)C#N)CC1. The largest absolute Gasteiger partial charge is 0.299 e. The van der Waals surface area contributed by atoms with Gasteiger partial charge < -0.3 is 0 Å². The van der Waals surface area contributed by atoms with Crippen LogP contribution in [0.4, 0.5) is 0 Å². The van der Waals surface area contributed by atoms with Crippen molar-refractivity contribution in [1.82, 2.24) is 5.32 Å². The van der Waals surface area contributed by atoms with Crippen LogP contribution in [0.5, 0.6) is 0 Å². The van der Waals surface area contributed by atoms with E-state index in [2.05, 4.69) is 18.3 Å². The fourth-order valence-electron chi connectivity index (χ4n) is 2.04. The predicted octanol–water partition coefficient (Wildman–Crippen LogP) is 2.46. The number of nitrogens with zero attached hydrogens (tertiary/aromatic N) is 1. The Morgan fingerprint density at radius 3 is 2.77 bits per heavy atom. The molecule has 0 radical (unpaired) electrons. The van der Waals surface area contributed by atoms with E-state index < -0.39 is 0 Å². The molecule has 1 rings (SSSR count). The normalized spacial score (nSPS) is 31.8. The van der Waals surface area contributed by atoms with Gasteiger partial charge in [-0.05, 0) is 32.1 Å². The maximum atomic E-state index is 8.68. The Bertz CT molecular complexity index is 183. The maximum Gasteiger partial charge on any atom is 0.0926 e. The van der Waals surface area contributed by atoms with E-state index in [9.17, 15) is 0 Å². The Labute approximate surface area is 81.3 Å². The molecule has 2 nitrogen and oxygen atoms in total. The fraction of sp³-hybridized carbons (Fsp3) is 0.909. The molecule has 1 saturated carbocycles. The minimum atomic E-state index is 0.0124. The second-order valence-electron chi connectivity index (χ2n) is 4.33. The molecule has 0 aromatic heterocycles. The van der Waals surface area contributed by atoms with Gasteiger partial charge in [-0.3, -0.25) is 5.32 Å². The van der Waals surface area contributed by atoms with E-state index in [0.717, 1.165) is 5.92 Å². The molecule has 0 amide bonds. The molecule has 13 heavy (non-hydrogen) atoms. The minimum absolute atomic E-state index is 0.0124. The molecule has 3 atom stereocenters. The van der Waals surface area contributed by atoms with Crippen LogP contribution >= 0.6 is 0 Å². The summed E-state index contributed by atoms with van der Waals surface area (Å²) in [6.45, 7) is 4.27. The zero-order valence-corrected chi connectivity index (χ0v) is 8.71. The van der Waals surface area contributed by atoms with Crippen molar-refractivity contribution in [2.45, 2.75) is 58.0 Å². The highest BCUT2D eigenvalue weighted by molar-refractivity contribution is 4.88. The third kappa shape index (κ3) is 3.78. The van der Waals surface area contributed by atoms with Crippen LogP contribution in [-0.4, -0.2) is 12.1 Å². The first-order valence-electron chi connectivity index (χ1n) is 5.38. The number of hydrogen-bond donors (Lipinski definition) is 1. The van der Waals surface area contributed by atoms with Crippen molar-refractivity contribution < 1.29 is 0 Å². The zero-order valence-electron chi connectivity index (χ0n) is 8.71. The lowest BCUT2D eigenvalue weighted by Crippen LogP contribution is -2.35. The number of rotatable bonds is 2. The molecular formula is C11H20N2. The van der Waals surface area contributed by atoms with Crippen LogP contribution < -0.4 is 5.32 Å². The van der Waals surface area contributed by atoms with Crippen molar-refractivity contribution in [2.24, 2.45) is 5.92 Å². The summed E-state index contributed by atoms with van der Waals surface area (Å²) in [6.07, 6.45) is 6.48. The standard InChI is InChI=1S/C11H20N2/c1-9-4-3-5-11(7-6-9)13-10(2)8-12/h9-11,13H,3-7H2,1-2H3. The average Bonchev–Trinajstić information content (AvgIpc) is 2.31. The van der Waals surface area contributed by atoms with Crippen LogP contribution in [0.3, 0.4) is 0 Å². The van der Waals surface area contributed by atoms with Crippen molar-refractivity contribution in [1.29, 1.82) is 5.26 Å². The van der Waals surface area contributed by atoms with Crippen LogP contribution in [0.2, 0.25) is 0 Å². The second-order valence-corrected chi connectivity index (χ2v) is 4.33. The first kappa shape index (κ1) is 10.5. The van der Waals surface area contributed by atoms with Gasteiger partial charge in [0, 0.05) is 6.04 Å². The summed E-state index contributed by atoms with van der Waals surface area (Å²) in [4.78, 5) is 0. The molecule has 2 heteroatoms. The number of nitrogens with one attached hydrogen (secondary N) is 1. The highest BCUT2D eigenvalue weighted by atomic mass is 14.9. The van der Waals surface area contributed by atoms with E-state index in [4.69, 9.17) is 5.26 Å². The number of nitriles is 1. The van der Waals surface area contributed by atoms with Gasteiger partial charge in [0.25, 0.3) is 0 Å². The molecule has 74 valence electrons. The van der Waals surface area contributed by atoms with Gasteiger partial charge in [0.15, 0.2) is 0 Å². The molecule has 1 aliphatic carbocycles. The Balaban J connectivity index is 2.30. The van der Waals surface area contributed by atoms with Gasteiger partial charge in [-0.25, -0.2) is 0 Å². The second kappa shape index (κ2) is 5.24. The summed E-state index contributed by atoms with van der Waals surface area (Å²) in [7, 11) is 0. The smallest absolute Gasteiger partial charge is 0.0926 e. The summed E-state index contributed by atoms with van der Waals surface area (Å²) >= 11 is 0. The molecule has 1 fully saturated rings. The highest BCUT2D eigenvalue weighted by Crippen LogP contribution is 2.22. The summed E-state index contributed by atoms with van der Waals surface area (Å²) < 4.78 is 0. The lowest BCUT2D eigenvalue weighted by Gasteiger charge is -2.17. The third-order valence-electron chi connectivity index (χ3n) is 2.94. The van der Waals surface area contributed by atoms with Crippen molar-refractivity contribution in [3.05, 3.63) is 0 Å². The predicted molar refractivity (Wildman–Crippen MR) is 54.2 cm³/mol. The fourth-order valence-corrected chi connectivity index (χ4v) is 2.04. The Morgan fingerprint density at radius 1 is 1.31 bits per heavy atom. The average molecular weight is 180 g/mol. The summed E-state index contributed by atoms with van der Waals surface area (Å²) in [6, 6.07) is 2.83. The van der Waals surface area contributed by atoms with Crippen molar-refractivity contribution in [2.75, 3.05) is 0 Å². The van der Waals surface area contributed by atoms with Crippen LogP contribution in [0.1, 0.15) is 46.0 Å². The monoisotopic (exact) mass is 180 g/mol. The Morgan fingerprint density at radius 2 is 2.08 bits per heavy atom. The van der Waals surface area contributed by atoms with E-state index in [0.29, 0.717) is 6.04 Å². The van der Waals surface area contributed by atoms with Gasteiger partial charge >= 0.3 is 0 Å². The van der Waals surface area contributed by atoms with E-state index in [1.54, 1.807) is 0 Å². The van der Waals surface area contributed by atoms with Gasteiger partial charge in [0.05, 0.1) is 12.1 Å². The highest BCUT2D eigenvalue weighted by Gasteiger charge is 2.16. The molecule has 0 saturated heterocycles. The lowest BCUT2D eigenvalue weighted by atomic mass is 10.0. The van der Waals surface area contributed by atoms with Crippen molar-refractivity contribution in [3.63, 3.8) is 0 Å². The first-order chi connectivity index (χ1) is 6.22. The van der Waals surface area contributed by atoms with Gasteiger partial charge in [0.2, 0.25) is 0 Å². The topological polar surface area (TPSA) is 35.8 Å². The van der Waals surface area contributed by atoms with Crippen molar-refractivity contribution >= 4 is 0 Å². The summed E-state index contributed by atoms with van der Waals surface area (Å²) in [5, 5.41) is 12.0. The Kier molecular flexibility index (Phi) is 4.24. The quantitative estimate of drug-likeness (QED) is 0.663. The molecule has 0 aromatic rings. The van der Waals surface area contributed by atoms with E-state index in [-0.39, 0.29) is 6.04 Å². The van der Waals surface area contributed by atoms with Crippen LogP contribution in [0.15, 0.2) is 0 Å². The van der Waals surface area contributed by atoms with Gasteiger partial charge in [-0.15, -0.1) is 0 Å². The molecule has 3 unspecified atom stereocenters. The van der Waals surface area contributed by atoms with Crippen LogP contribution in [0, 0.1) is 17.2 Å². The molecule has 0 bridgehead atoms. The van der Waals surface area contributed by atoms with Gasteiger partial charge in [0.1, 0.15) is 0 Å². The molecular weight excluding hydrogens is 160 g/mol. The van der Waals surface area contributed by atoms with Crippen LogP contribution in [0.25, 0.3) is 0 Å². The molecule has 1 N–H and O–H groups in total. The summed E-state index contributed by atoms with van der Waals surface area (Å²) in [5.74, 6) is 0.879. The van der Waals surface area contributed by atoms with Crippen molar-refractivity contribution in [3.8, 4) is 6.07 Å². The molecule has 0 aromatic carbocycles. The molecule has 0 heterocycles. The lowest BCUT2D eigenvalue weighted by molar-refractivity contribution is 0.434. The van der Waals surface area contributed by atoms with E-state index in [1.807, 2.05) is 6.92 Å². The van der Waals surface area contributed by atoms with E-state index >= 15 is 0 Å². The zero-order chi connectivity index (χ0) is 9.68. The van der Waals surface area contributed by atoms with Crippen LogP contribution in [-0.2, 0) is 0 Å². The maximum absolute atomic E-state index is 8.68. The number of hydrogen-bond acceptors (Lipinski definition) is 2. The Hall–Kier alpha value is -0.550. The molecule has 0 spiro atoms. The molecule has 0 aliphatic heterocycles.